The maximum atomic E-state index is 12.1. The van der Waals surface area contributed by atoms with Crippen LogP contribution in [0.15, 0.2) is 30.5 Å². The van der Waals surface area contributed by atoms with Crippen molar-refractivity contribution >= 4 is 33.3 Å². The van der Waals surface area contributed by atoms with Gasteiger partial charge in [0.2, 0.25) is 11.0 Å². The van der Waals surface area contributed by atoms with Crippen molar-refractivity contribution in [1.82, 2.24) is 14.8 Å². The third kappa shape index (κ3) is 2.95. The molecule has 0 saturated carbocycles. The van der Waals surface area contributed by atoms with Crippen LogP contribution in [0.25, 0.3) is 10.9 Å². The van der Waals surface area contributed by atoms with Crippen molar-refractivity contribution in [2.45, 2.75) is 26.8 Å². The molecular weight excluding hydrogens is 284 g/mol. The van der Waals surface area contributed by atoms with E-state index >= 15 is 0 Å². The summed E-state index contributed by atoms with van der Waals surface area (Å²) in [6, 6.07) is 8.37. The van der Waals surface area contributed by atoms with E-state index in [9.17, 15) is 4.79 Å². The monoisotopic (exact) mass is 300 g/mol. The molecule has 0 atom stereocenters. The number of carbonyl (C=O) groups is 1. The third-order valence-corrected chi connectivity index (χ3v) is 4.08. The fourth-order valence-corrected chi connectivity index (χ4v) is 2.88. The molecule has 108 valence electrons. The van der Waals surface area contributed by atoms with E-state index in [1.54, 1.807) is 0 Å². The summed E-state index contributed by atoms with van der Waals surface area (Å²) in [7, 11) is 0. The number of benzene rings is 1. The Morgan fingerprint density at radius 1 is 1.33 bits per heavy atom. The predicted molar refractivity (Wildman–Crippen MR) is 84.6 cm³/mol. The zero-order valence-corrected chi connectivity index (χ0v) is 12.8. The average Bonchev–Trinajstić information content (AvgIpc) is 3.05. The van der Waals surface area contributed by atoms with Gasteiger partial charge >= 0.3 is 0 Å². The molecule has 6 heteroatoms. The van der Waals surface area contributed by atoms with Crippen molar-refractivity contribution in [1.29, 1.82) is 0 Å². The van der Waals surface area contributed by atoms with Gasteiger partial charge in [-0.2, -0.15) is 0 Å². The minimum atomic E-state index is -0.0942. The van der Waals surface area contributed by atoms with Gasteiger partial charge in [0.25, 0.3) is 0 Å². The summed E-state index contributed by atoms with van der Waals surface area (Å²) in [6.45, 7) is 4.27. The van der Waals surface area contributed by atoms with Crippen molar-refractivity contribution < 1.29 is 4.79 Å². The first-order valence-electron chi connectivity index (χ1n) is 6.83. The lowest BCUT2D eigenvalue weighted by atomic mass is 10.1. The topological polar surface area (TPSA) is 59.8 Å². The standard InChI is InChI=1S/C15H16N4OS/c1-3-11-4-5-13-12(8-11)6-7-19(13)9-14(20)16-15-18-17-10(2)21-15/h4-8H,3,9H2,1-2H3,(H,16,18,20). The minimum absolute atomic E-state index is 0.0942. The van der Waals surface area contributed by atoms with E-state index in [-0.39, 0.29) is 12.5 Å². The van der Waals surface area contributed by atoms with Crippen LogP contribution in [0.3, 0.4) is 0 Å². The van der Waals surface area contributed by atoms with E-state index in [0.29, 0.717) is 5.13 Å². The molecule has 3 rings (SSSR count). The van der Waals surface area contributed by atoms with Crippen LogP contribution in [0.4, 0.5) is 5.13 Å². The molecule has 0 aliphatic carbocycles. The second kappa shape index (κ2) is 5.65. The molecule has 0 aliphatic heterocycles. The number of nitrogens with zero attached hydrogens (tertiary/aromatic N) is 3. The third-order valence-electron chi connectivity index (χ3n) is 3.33. The fourth-order valence-electron chi connectivity index (χ4n) is 2.27. The summed E-state index contributed by atoms with van der Waals surface area (Å²) < 4.78 is 1.94. The SMILES string of the molecule is CCc1ccc2c(ccn2CC(=O)Nc2nnc(C)s2)c1. The quantitative estimate of drug-likeness (QED) is 0.805. The number of hydrogen-bond acceptors (Lipinski definition) is 4. The van der Waals surface area contributed by atoms with Gasteiger partial charge < -0.3 is 4.57 Å². The van der Waals surface area contributed by atoms with Crippen LogP contribution in [-0.2, 0) is 17.8 Å². The van der Waals surface area contributed by atoms with Crippen molar-refractivity contribution in [2.24, 2.45) is 0 Å². The minimum Gasteiger partial charge on any atom is -0.338 e. The highest BCUT2D eigenvalue weighted by Gasteiger charge is 2.09. The molecule has 5 nitrogen and oxygen atoms in total. The Morgan fingerprint density at radius 2 is 2.19 bits per heavy atom. The summed E-state index contributed by atoms with van der Waals surface area (Å²) in [5.41, 5.74) is 2.37. The van der Waals surface area contributed by atoms with Gasteiger partial charge in [-0.3, -0.25) is 10.1 Å². The maximum Gasteiger partial charge on any atom is 0.246 e. The molecular formula is C15H16N4OS. The van der Waals surface area contributed by atoms with Gasteiger partial charge in [0.1, 0.15) is 11.6 Å². The highest BCUT2D eigenvalue weighted by atomic mass is 32.1. The van der Waals surface area contributed by atoms with Crippen LogP contribution in [0.5, 0.6) is 0 Å². The number of fused-ring (bicyclic) bond motifs is 1. The van der Waals surface area contributed by atoms with Crippen LogP contribution in [0, 0.1) is 6.92 Å². The van der Waals surface area contributed by atoms with Crippen molar-refractivity contribution in [3.63, 3.8) is 0 Å². The summed E-state index contributed by atoms with van der Waals surface area (Å²) in [4.78, 5) is 12.1. The Kier molecular flexibility index (Phi) is 3.70. The number of hydrogen-bond donors (Lipinski definition) is 1. The molecule has 0 aliphatic rings. The molecule has 3 aromatic rings. The lowest BCUT2D eigenvalue weighted by Crippen LogP contribution is -2.18. The van der Waals surface area contributed by atoms with E-state index in [1.807, 2.05) is 23.8 Å². The molecule has 1 N–H and O–H groups in total. The highest BCUT2D eigenvalue weighted by molar-refractivity contribution is 7.15. The summed E-state index contributed by atoms with van der Waals surface area (Å²) in [6.07, 6.45) is 2.95. The Balaban J connectivity index is 1.76. The number of rotatable bonds is 4. The van der Waals surface area contributed by atoms with E-state index < -0.39 is 0 Å². The molecule has 0 bridgehead atoms. The molecule has 2 heterocycles. The second-order valence-electron chi connectivity index (χ2n) is 4.86. The van der Waals surface area contributed by atoms with E-state index in [2.05, 4.69) is 40.6 Å². The first-order chi connectivity index (χ1) is 10.2. The van der Waals surface area contributed by atoms with E-state index in [1.165, 1.54) is 16.9 Å². The van der Waals surface area contributed by atoms with Crippen molar-refractivity contribution in [3.05, 3.63) is 41.0 Å². The van der Waals surface area contributed by atoms with E-state index in [4.69, 9.17) is 0 Å². The van der Waals surface area contributed by atoms with Crippen molar-refractivity contribution in [2.75, 3.05) is 5.32 Å². The summed E-state index contributed by atoms with van der Waals surface area (Å²) >= 11 is 1.37. The first-order valence-corrected chi connectivity index (χ1v) is 7.65. The molecule has 0 unspecified atom stereocenters. The van der Waals surface area contributed by atoms with Crippen LogP contribution in [0.1, 0.15) is 17.5 Å². The van der Waals surface area contributed by atoms with Gasteiger partial charge in [-0.15, -0.1) is 10.2 Å². The van der Waals surface area contributed by atoms with Crippen LogP contribution < -0.4 is 5.32 Å². The summed E-state index contributed by atoms with van der Waals surface area (Å²) in [5.74, 6) is -0.0942. The van der Waals surface area contributed by atoms with Gasteiger partial charge in [0.05, 0.1) is 0 Å². The fraction of sp³-hybridized carbons (Fsp3) is 0.267. The summed E-state index contributed by atoms with van der Waals surface area (Å²) in [5, 5.41) is 13.1. The Bertz CT molecular complexity index is 790. The molecule has 0 saturated heterocycles. The molecule has 21 heavy (non-hydrogen) atoms. The van der Waals surface area contributed by atoms with Gasteiger partial charge in [0, 0.05) is 11.7 Å². The molecule has 1 amide bonds. The number of aromatic nitrogens is 3. The number of carbonyl (C=O) groups excluding carboxylic acids is 1. The maximum absolute atomic E-state index is 12.1. The number of amides is 1. The van der Waals surface area contributed by atoms with Crippen LogP contribution >= 0.6 is 11.3 Å². The molecule has 0 spiro atoms. The Morgan fingerprint density at radius 3 is 2.90 bits per heavy atom. The zero-order valence-electron chi connectivity index (χ0n) is 12.0. The predicted octanol–water partition coefficient (Wildman–Crippen LogP) is 3.00. The second-order valence-corrected chi connectivity index (χ2v) is 6.05. The molecule has 1 aromatic carbocycles. The van der Waals surface area contributed by atoms with Crippen LogP contribution in [0.2, 0.25) is 0 Å². The number of aryl methyl sites for hydroxylation is 2. The molecule has 0 radical (unpaired) electrons. The highest BCUT2D eigenvalue weighted by Crippen LogP contribution is 2.19. The Labute approximate surface area is 126 Å². The number of anilines is 1. The lowest BCUT2D eigenvalue weighted by molar-refractivity contribution is -0.116. The average molecular weight is 300 g/mol. The molecule has 0 fully saturated rings. The zero-order chi connectivity index (χ0) is 14.8. The first kappa shape index (κ1) is 13.8. The molecule has 2 aromatic heterocycles. The van der Waals surface area contributed by atoms with Gasteiger partial charge in [-0.05, 0) is 42.5 Å². The van der Waals surface area contributed by atoms with E-state index in [0.717, 1.165) is 22.3 Å². The Hall–Kier alpha value is -2.21. The smallest absolute Gasteiger partial charge is 0.246 e. The van der Waals surface area contributed by atoms with Crippen molar-refractivity contribution in [3.8, 4) is 0 Å². The lowest BCUT2D eigenvalue weighted by Gasteiger charge is -2.05. The van der Waals surface area contributed by atoms with Gasteiger partial charge in [-0.1, -0.05) is 24.3 Å². The largest absolute Gasteiger partial charge is 0.338 e. The normalized spacial score (nSPS) is 11.0. The van der Waals surface area contributed by atoms with Gasteiger partial charge in [0.15, 0.2) is 0 Å². The number of nitrogens with one attached hydrogen (secondary N) is 1. The van der Waals surface area contributed by atoms with Crippen LogP contribution in [-0.4, -0.2) is 20.7 Å². The van der Waals surface area contributed by atoms with Gasteiger partial charge in [-0.25, -0.2) is 0 Å².